The number of halogens is 1. The molecule has 1 aromatic heterocycles. The number of nitrogens with zero attached hydrogens (tertiary/aromatic N) is 2. The Morgan fingerprint density at radius 3 is 2.62 bits per heavy atom. The summed E-state index contributed by atoms with van der Waals surface area (Å²) >= 11 is 5.89. The summed E-state index contributed by atoms with van der Waals surface area (Å²) in [6, 6.07) is 7.42. The van der Waals surface area contributed by atoms with Crippen molar-refractivity contribution in [3.8, 4) is 5.69 Å². The second-order valence-corrected chi connectivity index (χ2v) is 4.21. The molecule has 0 radical (unpaired) electrons. The van der Waals surface area contributed by atoms with Gasteiger partial charge >= 0.3 is 0 Å². The zero-order valence-corrected chi connectivity index (χ0v) is 9.99. The molecule has 0 spiro atoms. The monoisotopic (exact) mass is 236 g/mol. The molecular weight excluding hydrogens is 224 g/mol. The van der Waals surface area contributed by atoms with Gasteiger partial charge in [0.2, 0.25) is 0 Å². The summed E-state index contributed by atoms with van der Waals surface area (Å²) in [6.07, 6.45) is 0. The molecule has 84 valence electrons. The van der Waals surface area contributed by atoms with Gasteiger partial charge in [-0.15, -0.1) is 0 Å². The number of aliphatic hydroxyl groups is 1. The van der Waals surface area contributed by atoms with Crippen molar-refractivity contribution in [2.24, 2.45) is 0 Å². The van der Waals surface area contributed by atoms with Crippen LogP contribution in [0.5, 0.6) is 0 Å². The Bertz CT molecular complexity index is 520. The molecule has 0 atom stereocenters. The van der Waals surface area contributed by atoms with E-state index in [2.05, 4.69) is 5.10 Å². The zero-order valence-electron chi connectivity index (χ0n) is 9.24. The highest BCUT2D eigenvalue weighted by atomic mass is 35.5. The van der Waals surface area contributed by atoms with Crippen LogP contribution in [0.3, 0.4) is 0 Å². The first kappa shape index (κ1) is 11.2. The Kier molecular flexibility index (Phi) is 2.99. The number of rotatable bonds is 2. The van der Waals surface area contributed by atoms with Crippen LogP contribution in [0, 0.1) is 13.8 Å². The van der Waals surface area contributed by atoms with Crippen molar-refractivity contribution in [2.45, 2.75) is 20.5 Å². The molecule has 0 fully saturated rings. The van der Waals surface area contributed by atoms with Crippen LogP contribution in [0.15, 0.2) is 24.3 Å². The van der Waals surface area contributed by atoms with Crippen LogP contribution in [0.2, 0.25) is 5.02 Å². The first-order chi connectivity index (χ1) is 7.61. The van der Waals surface area contributed by atoms with Crippen LogP contribution < -0.4 is 0 Å². The Balaban J connectivity index is 2.59. The predicted molar refractivity (Wildman–Crippen MR) is 64.0 cm³/mol. The second-order valence-electron chi connectivity index (χ2n) is 3.77. The highest BCUT2D eigenvalue weighted by Gasteiger charge is 2.08. The van der Waals surface area contributed by atoms with Gasteiger partial charge in [0.25, 0.3) is 0 Å². The minimum Gasteiger partial charge on any atom is -0.392 e. The van der Waals surface area contributed by atoms with Gasteiger partial charge in [-0.1, -0.05) is 11.6 Å². The fourth-order valence-corrected chi connectivity index (χ4v) is 1.95. The molecular formula is C12H13ClN2O. The molecule has 3 nitrogen and oxygen atoms in total. The third-order valence-corrected chi connectivity index (χ3v) is 2.68. The summed E-state index contributed by atoms with van der Waals surface area (Å²) in [5.74, 6) is 0. The van der Waals surface area contributed by atoms with Gasteiger partial charge in [0.15, 0.2) is 0 Å². The van der Waals surface area contributed by atoms with Gasteiger partial charge in [0, 0.05) is 16.3 Å². The van der Waals surface area contributed by atoms with Gasteiger partial charge in [-0.3, -0.25) is 0 Å². The van der Waals surface area contributed by atoms with Crippen LogP contribution in [-0.2, 0) is 6.61 Å². The lowest BCUT2D eigenvalue weighted by Crippen LogP contribution is -2.03. The summed E-state index contributed by atoms with van der Waals surface area (Å²) < 4.78 is 1.82. The van der Waals surface area contributed by atoms with Crippen molar-refractivity contribution in [2.75, 3.05) is 0 Å². The van der Waals surface area contributed by atoms with E-state index in [9.17, 15) is 5.11 Å². The molecule has 2 aromatic rings. The SMILES string of the molecule is Cc1cc(C)n(-c2ccc(Cl)cc2CO)n1. The van der Waals surface area contributed by atoms with E-state index in [0.29, 0.717) is 5.02 Å². The van der Waals surface area contributed by atoms with Gasteiger partial charge in [-0.05, 0) is 38.1 Å². The maximum absolute atomic E-state index is 9.30. The Morgan fingerprint density at radius 2 is 2.06 bits per heavy atom. The Labute approximate surface area is 99.3 Å². The lowest BCUT2D eigenvalue weighted by atomic mass is 10.2. The van der Waals surface area contributed by atoms with E-state index in [1.54, 1.807) is 12.1 Å². The average Bonchev–Trinajstić information content (AvgIpc) is 2.57. The first-order valence-electron chi connectivity index (χ1n) is 5.04. The maximum Gasteiger partial charge on any atom is 0.0704 e. The highest BCUT2D eigenvalue weighted by molar-refractivity contribution is 6.30. The van der Waals surface area contributed by atoms with Crippen LogP contribution in [-0.4, -0.2) is 14.9 Å². The van der Waals surface area contributed by atoms with Crippen molar-refractivity contribution in [3.05, 3.63) is 46.2 Å². The number of aromatic nitrogens is 2. The molecule has 0 saturated heterocycles. The standard InChI is InChI=1S/C12H13ClN2O/c1-8-5-9(2)15(14-8)12-4-3-11(13)6-10(12)7-16/h3-6,16H,7H2,1-2H3. The van der Waals surface area contributed by atoms with E-state index in [1.165, 1.54) is 0 Å². The van der Waals surface area contributed by atoms with Crippen molar-refractivity contribution in [1.82, 2.24) is 9.78 Å². The largest absolute Gasteiger partial charge is 0.392 e. The summed E-state index contributed by atoms with van der Waals surface area (Å²) in [4.78, 5) is 0. The van der Waals surface area contributed by atoms with E-state index >= 15 is 0 Å². The second kappa shape index (κ2) is 4.28. The van der Waals surface area contributed by atoms with Crippen molar-refractivity contribution < 1.29 is 5.11 Å². The number of aliphatic hydroxyl groups excluding tert-OH is 1. The minimum atomic E-state index is -0.0474. The lowest BCUT2D eigenvalue weighted by Gasteiger charge is -2.09. The van der Waals surface area contributed by atoms with E-state index in [4.69, 9.17) is 11.6 Å². The van der Waals surface area contributed by atoms with E-state index in [0.717, 1.165) is 22.6 Å². The number of hydrogen-bond donors (Lipinski definition) is 1. The highest BCUT2D eigenvalue weighted by Crippen LogP contribution is 2.21. The topological polar surface area (TPSA) is 38.0 Å². The molecule has 1 aromatic carbocycles. The zero-order chi connectivity index (χ0) is 11.7. The van der Waals surface area contributed by atoms with E-state index in [1.807, 2.05) is 30.7 Å². The third-order valence-electron chi connectivity index (χ3n) is 2.45. The van der Waals surface area contributed by atoms with Crippen LogP contribution in [0.25, 0.3) is 5.69 Å². The molecule has 0 bridgehead atoms. The molecule has 0 aliphatic rings. The van der Waals surface area contributed by atoms with Gasteiger partial charge in [-0.25, -0.2) is 4.68 Å². The van der Waals surface area contributed by atoms with Gasteiger partial charge in [-0.2, -0.15) is 5.10 Å². The lowest BCUT2D eigenvalue weighted by molar-refractivity contribution is 0.281. The smallest absolute Gasteiger partial charge is 0.0704 e. The summed E-state index contributed by atoms with van der Waals surface area (Å²) in [5.41, 5.74) is 3.64. The maximum atomic E-state index is 9.30. The first-order valence-corrected chi connectivity index (χ1v) is 5.42. The molecule has 0 aliphatic heterocycles. The van der Waals surface area contributed by atoms with Gasteiger partial charge in [0.1, 0.15) is 0 Å². The predicted octanol–water partition coefficient (Wildman–Crippen LogP) is 2.63. The average molecular weight is 237 g/mol. The van der Waals surface area contributed by atoms with Crippen LogP contribution >= 0.6 is 11.6 Å². The normalized spacial score (nSPS) is 10.8. The summed E-state index contributed by atoms with van der Waals surface area (Å²) in [6.45, 7) is 3.88. The molecule has 16 heavy (non-hydrogen) atoms. The molecule has 0 saturated carbocycles. The van der Waals surface area contributed by atoms with E-state index < -0.39 is 0 Å². The fourth-order valence-electron chi connectivity index (χ4n) is 1.76. The number of benzene rings is 1. The van der Waals surface area contributed by atoms with Crippen molar-refractivity contribution >= 4 is 11.6 Å². The molecule has 0 unspecified atom stereocenters. The van der Waals surface area contributed by atoms with Gasteiger partial charge in [0.05, 0.1) is 18.0 Å². The number of aryl methyl sites for hydroxylation is 2. The molecule has 1 heterocycles. The summed E-state index contributed by atoms with van der Waals surface area (Å²) in [5, 5.41) is 14.3. The molecule has 2 rings (SSSR count). The molecule has 1 N–H and O–H groups in total. The molecule has 0 amide bonds. The molecule has 4 heteroatoms. The third kappa shape index (κ3) is 1.96. The Hall–Kier alpha value is -1.32. The Morgan fingerprint density at radius 1 is 1.31 bits per heavy atom. The van der Waals surface area contributed by atoms with E-state index in [-0.39, 0.29) is 6.61 Å². The van der Waals surface area contributed by atoms with Crippen LogP contribution in [0.1, 0.15) is 17.0 Å². The van der Waals surface area contributed by atoms with Gasteiger partial charge < -0.3 is 5.11 Å². The molecule has 0 aliphatic carbocycles. The fraction of sp³-hybridized carbons (Fsp3) is 0.250. The van der Waals surface area contributed by atoms with Crippen molar-refractivity contribution in [3.63, 3.8) is 0 Å². The quantitative estimate of drug-likeness (QED) is 0.871. The summed E-state index contributed by atoms with van der Waals surface area (Å²) in [7, 11) is 0. The van der Waals surface area contributed by atoms with Crippen molar-refractivity contribution in [1.29, 1.82) is 0 Å². The van der Waals surface area contributed by atoms with Crippen LogP contribution in [0.4, 0.5) is 0 Å². The minimum absolute atomic E-state index is 0.0474. The number of hydrogen-bond acceptors (Lipinski definition) is 2.